The van der Waals surface area contributed by atoms with Crippen LogP contribution in [0.4, 0.5) is 11.5 Å². The highest BCUT2D eigenvalue weighted by molar-refractivity contribution is 5.55. The average molecular weight is 277 g/mol. The molecular weight excluding hydrogens is 250 g/mol. The summed E-state index contributed by atoms with van der Waals surface area (Å²) in [5.74, 6) is 1.51. The maximum Gasteiger partial charge on any atom is 0.239 e. The van der Waals surface area contributed by atoms with Crippen molar-refractivity contribution in [1.82, 2.24) is 4.98 Å². The zero-order chi connectivity index (χ0) is 15.0. The maximum absolute atomic E-state index is 5.96. The first-order valence-corrected chi connectivity index (χ1v) is 7.37. The largest absolute Gasteiger partial charge is 0.470 e. The fourth-order valence-electron chi connectivity index (χ4n) is 2.33. The van der Waals surface area contributed by atoms with Crippen LogP contribution in [0.1, 0.15) is 47.5 Å². The van der Waals surface area contributed by atoms with Crippen LogP contribution in [0, 0.1) is 5.41 Å². The van der Waals surface area contributed by atoms with Crippen molar-refractivity contribution in [2.75, 3.05) is 23.7 Å². The van der Waals surface area contributed by atoms with E-state index < -0.39 is 0 Å². The number of anilines is 2. The Morgan fingerprint density at radius 3 is 2.35 bits per heavy atom. The number of aromatic nitrogens is 1. The molecule has 0 unspecified atom stereocenters. The minimum Gasteiger partial charge on any atom is -0.470 e. The van der Waals surface area contributed by atoms with Crippen molar-refractivity contribution in [2.45, 2.75) is 53.1 Å². The lowest BCUT2D eigenvalue weighted by atomic mass is 9.83. The Balaban J connectivity index is 2.15. The predicted octanol–water partition coefficient (Wildman–Crippen LogP) is 3.47. The molecule has 2 rings (SSSR count). The van der Waals surface area contributed by atoms with Crippen molar-refractivity contribution in [3.63, 3.8) is 0 Å². The van der Waals surface area contributed by atoms with Crippen LogP contribution in [0.2, 0.25) is 0 Å². The molecule has 1 aliphatic rings. The van der Waals surface area contributed by atoms with Crippen LogP contribution in [0.15, 0.2) is 12.1 Å². The van der Waals surface area contributed by atoms with E-state index in [0.717, 1.165) is 18.9 Å². The molecule has 0 atom stereocenters. The van der Waals surface area contributed by atoms with Gasteiger partial charge in [0.2, 0.25) is 5.88 Å². The molecule has 0 aromatic carbocycles. The quantitative estimate of drug-likeness (QED) is 0.899. The van der Waals surface area contributed by atoms with Gasteiger partial charge in [-0.05, 0) is 51.2 Å². The number of ether oxygens (including phenoxy) is 1. The molecule has 4 heteroatoms. The lowest BCUT2D eigenvalue weighted by Crippen LogP contribution is -2.37. The van der Waals surface area contributed by atoms with Crippen molar-refractivity contribution in [2.24, 2.45) is 5.41 Å². The van der Waals surface area contributed by atoms with Crippen LogP contribution in [-0.4, -0.2) is 23.7 Å². The lowest BCUT2D eigenvalue weighted by molar-refractivity contribution is 0.125. The number of rotatable bonds is 2. The van der Waals surface area contributed by atoms with Crippen molar-refractivity contribution in [3.05, 3.63) is 12.1 Å². The number of piperidine rings is 1. The number of nitrogen functional groups attached to an aromatic ring is 1. The summed E-state index contributed by atoms with van der Waals surface area (Å²) in [6.45, 7) is 12.8. The third kappa shape index (κ3) is 3.78. The van der Waals surface area contributed by atoms with Gasteiger partial charge in [0.05, 0.1) is 5.69 Å². The number of nitrogens with two attached hydrogens (primary N) is 1. The van der Waals surface area contributed by atoms with Crippen molar-refractivity contribution < 1.29 is 4.74 Å². The van der Waals surface area contributed by atoms with E-state index in [-0.39, 0.29) is 5.60 Å². The minimum absolute atomic E-state index is 0.288. The molecule has 2 N–H and O–H groups in total. The first-order chi connectivity index (χ1) is 9.16. The fraction of sp³-hybridized carbons (Fsp3) is 0.688. The Hall–Kier alpha value is -1.45. The van der Waals surface area contributed by atoms with Gasteiger partial charge in [0, 0.05) is 13.1 Å². The molecule has 0 radical (unpaired) electrons. The summed E-state index contributed by atoms with van der Waals surface area (Å²) >= 11 is 0. The second-order valence-electron chi connectivity index (χ2n) is 7.43. The van der Waals surface area contributed by atoms with Crippen LogP contribution in [0.25, 0.3) is 0 Å². The molecule has 112 valence electrons. The highest BCUT2D eigenvalue weighted by atomic mass is 16.5. The van der Waals surface area contributed by atoms with Gasteiger partial charge in [-0.25, -0.2) is 0 Å². The standard InChI is InChI=1S/C16H27N3O/c1-15(2,3)20-14-12(17)6-7-13(18-14)19-10-8-16(4,5)9-11-19/h6-7H,8-11,17H2,1-5H3. The summed E-state index contributed by atoms with van der Waals surface area (Å²) in [4.78, 5) is 6.93. The first kappa shape index (κ1) is 14.9. The van der Waals surface area contributed by atoms with Gasteiger partial charge in [-0.2, -0.15) is 4.98 Å². The average Bonchev–Trinajstić information content (AvgIpc) is 2.30. The SMILES string of the molecule is CC1(C)CCN(c2ccc(N)c(OC(C)(C)C)n2)CC1. The predicted molar refractivity (Wildman–Crippen MR) is 84.3 cm³/mol. The van der Waals surface area contributed by atoms with Crippen LogP contribution < -0.4 is 15.4 Å². The molecule has 1 saturated heterocycles. The van der Waals surface area contributed by atoms with Crippen LogP contribution in [0.3, 0.4) is 0 Å². The Bertz CT molecular complexity index is 467. The van der Waals surface area contributed by atoms with E-state index in [4.69, 9.17) is 10.5 Å². The summed E-state index contributed by atoms with van der Waals surface area (Å²) < 4.78 is 5.84. The zero-order valence-corrected chi connectivity index (χ0v) is 13.4. The third-order valence-electron chi connectivity index (χ3n) is 3.72. The van der Waals surface area contributed by atoms with E-state index in [2.05, 4.69) is 23.7 Å². The number of hydrogen-bond donors (Lipinski definition) is 1. The summed E-state index contributed by atoms with van der Waals surface area (Å²) in [5.41, 5.74) is 6.71. The maximum atomic E-state index is 5.96. The molecule has 4 nitrogen and oxygen atoms in total. The highest BCUT2D eigenvalue weighted by Crippen LogP contribution is 2.33. The van der Waals surface area contributed by atoms with Gasteiger partial charge >= 0.3 is 0 Å². The normalized spacial score (nSPS) is 18.9. The van der Waals surface area contributed by atoms with E-state index in [1.165, 1.54) is 12.8 Å². The van der Waals surface area contributed by atoms with E-state index in [1.807, 2.05) is 32.9 Å². The fourth-order valence-corrected chi connectivity index (χ4v) is 2.33. The van der Waals surface area contributed by atoms with Crippen molar-refractivity contribution >= 4 is 11.5 Å². The van der Waals surface area contributed by atoms with Gasteiger partial charge in [0.25, 0.3) is 0 Å². The molecular formula is C16H27N3O. The first-order valence-electron chi connectivity index (χ1n) is 7.37. The van der Waals surface area contributed by atoms with Gasteiger partial charge in [0.15, 0.2) is 0 Å². The van der Waals surface area contributed by atoms with Gasteiger partial charge in [-0.3, -0.25) is 0 Å². The Morgan fingerprint density at radius 1 is 1.20 bits per heavy atom. The van der Waals surface area contributed by atoms with Crippen molar-refractivity contribution in [1.29, 1.82) is 0 Å². The molecule has 1 aliphatic heterocycles. The van der Waals surface area contributed by atoms with Gasteiger partial charge in [-0.1, -0.05) is 13.8 Å². The van der Waals surface area contributed by atoms with E-state index in [0.29, 0.717) is 17.0 Å². The summed E-state index contributed by atoms with van der Waals surface area (Å²) in [6, 6.07) is 3.88. The Kier molecular flexibility index (Phi) is 3.85. The summed E-state index contributed by atoms with van der Waals surface area (Å²) in [5, 5.41) is 0. The third-order valence-corrected chi connectivity index (χ3v) is 3.72. The van der Waals surface area contributed by atoms with Crippen LogP contribution in [-0.2, 0) is 0 Å². The molecule has 1 aromatic rings. The van der Waals surface area contributed by atoms with Gasteiger partial charge in [0.1, 0.15) is 11.4 Å². The number of hydrogen-bond acceptors (Lipinski definition) is 4. The second kappa shape index (κ2) is 5.15. The van der Waals surface area contributed by atoms with Crippen molar-refractivity contribution in [3.8, 4) is 5.88 Å². The van der Waals surface area contributed by atoms with Crippen LogP contribution >= 0.6 is 0 Å². The smallest absolute Gasteiger partial charge is 0.239 e. The number of pyridine rings is 1. The monoisotopic (exact) mass is 277 g/mol. The molecule has 1 aromatic heterocycles. The molecule has 0 saturated carbocycles. The van der Waals surface area contributed by atoms with E-state index >= 15 is 0 Å². The summed E-state index contributed by atoms with van der Waals surface area (Å²) in [7, 11) is 0. The van der Waals surface area contributed by atoms with Gasteiger partial charge < -0.3 is 15.4 Å². The Morgan fingerprint density at radius 2 is 1.80 bits per heavy atom. The summed E-state index contributed by atoms with van der Waals surface area (Å²) in [6.07, 6.45) is 2.38. The molecule has 0 aliphatic carbocycles. The number of nitrogens with zero attached hydrogens (tertiary/aromatic N) is 2. The van der Waals surface area contributed by atoms with Gasteiger partial charge in [-0.15, -0.1) is 0 Å². The van der Waals surface area contributed by atoms with E-state index in [9.17, 15) is 0 Å². The Labute approximate surface area is 122 Å². The zero-order valence-electron chi connectivity index (χ0n) is 13.4. The topological polar surface area (TPSA) is 51.4 Å². The second-order valence-corrected chi connectivity index (χ2v) is 7.43. The van der Waals surface area contributed by atoms with E-state index in [1.54, 1.807) is 0 Å². The van der Waals surface area contributed by atoms with Crippen LogP contribution in [0.5, 0.6) is 5.88 Å². The lowest BCUT2D eigenvalue weighted by Gasteiger charge is -2.37. The highest BCUT2D eigenvalue weighted by Gasteiger charge is 2.26. The molecule has 2 heterocycles. The molecule has 1 fully saturated rings. The molecule has 20 heavy (non-hydrogen) atoms. The minimum atomic E-state index is -0.288. The molecule has 0 amide bonds. The molecule has 0 bridgehead atoms. The molecule has 0 spiro atoms.